The fourth-order valence-corrected chi connectivity index (χ4v) is 3.70. The maximum absolute atomic E-state index is 5.73. The van der Waals surface area contributed by atoms with E-state index in [2.05, 4.69) is 61.3 Å². The Morgan fingerprint density at radius 1 is 0.920 bits per heavy atom. The second-order valence-corrected chi connectivity index (χ2v) is 6.98. The number of aromatic amines is 1. The highest BCUT2D eigenvalue weighted by atomic mass is 14.7. The van der Waals surface area contributed by atoms with Gasteiger partial charge in [-0.3, -0.25) is 0 Å². The van der Waals surface area contributed by atoms with Crippen molar-refractivity contribution in [2.45, 2.75) is 52.4 Å². The van der Waals surface area contributed by atoms with Crippen molar-refractivity contribution in [3.8, 4) is 11.3 Å². The smallest absolute Gasteiger partial charge is 0.0500 e. The Bertz CT molecular complexity index is 829. The van der Waals surface area contributed by atoms with Crippen LogP contribution in [0.15, 0.2) is 42.5 Å². The minimum Gasteiger partial charge on any atom is -0.354 e. The van der Waals surface area contributed by atoms with Gasteiger partial charge in [-0.05, 0) is 62.3 Å². The molecule has 3 aromatic rings. The van der Waals surface area contributed by atoms with E-state index in [-0.39, 0.29) is 0 Å². The second kappa shape index (κ2) is 8.35. The van der Waals surface area contributed by atoms with Crippen LogP contribution in [0.2, 0.25) is 0 Å². The highest BCUT2D eigenvalue weighted by Gasteiger charge is 2.16. The van der Waals surface area contributed by atoms with Crippen LogP contribution >= 0.6 is 0 Å². The molecule has 0 spiro atoms. The monoisotopic (exact) mass is 334 g/mol. The van der Waals surface area contributed by atoms with Gasteiger partial charge in [0.1, 0.15) is 0 Å². The Hall–Kier alpha value is -2.06. The molecule has 0 saturated carbocycles. The van der Waals surface area contributed by atoms with E-state index < -0.39 is 0 Å². The number of H-pyrrole nitrogens is 1. The molecule has 2 heteroatoms. The summed E-state index contributed by atoms with van der Waals surface area (Å²) in [5.74, 6) is 0. The quantitative estimate of drug-likeness (QED) is 0.505. The molecule has 0 atom stereocenters. The van der Waals surface area contributed by atoms with Crippen molar-refractivity contribution in [1.29, 1.82) is 0 Å². The van der Waals surface area contributed by atoms with E-state index in [0.717, 1.165) is 32.2 Å². The van der Waals surface area contributed by atoms with Crippen LogP contribution in [-0.4, -0.2) is 11.5 Å². The molecule has 132 valence electrons. The molecule has 1 aromatic heterocycles. The highest BCUT2D eigenvalue weighted by Crippen LogP contribution is 2.35. The number of fused-ring (bicyclic) bond motifs is 1. The molecule has 0 unspecified atom stereocenters. The minimum atomic E-state index is 0.768. The van der Waals surface area contributed by atoms with Gasteiger partial charge in [0.15, 0.2) is 0 Å². The van der Waals surface area contributed by atoms with Crippen molar-refractivity contribution in [2.24, 2.45) is 5.73 Å². The van der Waals surface area contributed by atoms with Crippen LogP contribution < -0.4 is 5.73 Å². The predicted octanol–water partition coefficient (Wildman–Crippen LogP) is 5.77. The van der Waals surface area contributed by atoms with E-state index in [0.29, 0.717) is 0 Å². The summed E-state index contributed by atoms with van der Waals surface area (Å²) in [6.45, 7) is 5.22. The SMILES string of the molecule is CCCCc1cccc2c(CCCCN)c(-c3ccccc3C)[nH]c12. The molecule has 0 radical (unpaired) electrons. The average Bonchev–Trinajstić information content (AvgIpc) is 3.00. The maximum Gasteiger partial charge on any atom is 0.0500 e. The van der Waals surface area contributed by atoms with Crippen LogP contribution in [0.4, 0.5) is 0 Å². The molecule has 0 fully saturated rings. The zero-order valence-electron chi connectivity index (χ0n) is 15.6. The summed E-state index contributed by atoms with van der Waals surface area (Å²) in [5.41, 5.74) is 13.9. The first-order chi connectivity index (χ1) is 12.3. The van der Waals surface area contributed by atoms with Crippen LogP contribution in [-0.2, 0) is 12.8 Å². The lowest BCUT2D eigenvalue weighted by Crippen LogP contribution is -1.99. The summed E-state index contributed by atoms with van der Waals surface area (Å²) in [4.78, 5) is 3.79. The normalized spacial score (nSPS) is 11.3. The third kappa shape index (κ3) is 3.80. The number of aromatic nitrogens is 1. The topological polar surface area (TPSA) is 41.8 Å². The summed E-state index contributed by atoms with van der Waals surface area (Å²) in [6.07, 6.45) is 6.91. The van der Waals surface area contributed by atoms with Crippen molar-refractivity contribution >= 4 is 10.9 Å². The molecule has 25 heavy (non-hydrogen) atoms. The third-order valence-electron chi connectivity index (χ3n) is 5.12. The Labute approximate surface area is 151 Å². The van der Waals surface area contributed by atoms with Gasteiger partial charge in [-0.15, -0.1) is 0 Å². The molecule has 2 aromatic carbocycles. The maximum atomic E-state index is 5.73. The lowest BCUT2D eigenvalue weighted by molar-refractivity contribution is 0.748. The van der Waals surface area contributed by atoms with Crippen molar-refractivity contribution in [1.82, 2.24) is 4.98 Å². The molecule has 0 aliphatic rings. The van der Waals surface area contributed by atoms with Crippen LogP contribution in [0.1, 0.15) is 49.3 Å². The summed E-state index contributed by atoms with van der Waals surface area (Å²) in [7, 11) is 0. The van der Waals surface area contributed by atoms with Gasteiger partial charge in [-0.2, -0.15) is 0 Å². The average molecular weight is 335 g/mol. The van der Waals surface area contributed by atoms with Gasteiger partial charge >= 0.3 is 0 Å². The van der Waals surface area contributed by atoms with Gasteiger partial charge in [-0.1, -0.05) is 55.8 Å². The number of aryl methyl sites for hydroxylation is 3. The van der Waals surface area contributed by atoms with Crippen molar-refractivity contribution < 1.29 is 0 Å². The van der Waals surface area contributed by atoms with Crippen molar-refractivity contribution in [3.05, 3.63) is 59.2 Å². The first-order valence-corrected chi connectivity index (χ1v) is 9.64. The number of hydrogen-bond acceptors (Lipinski definition) is 1. The highest BCUT2D eigenvalue weighted by molar-refractivity contribution is 5.93. The Kier molecular flexibility index (Phi) is 5.93. The van der Waals surface area contributed by atoms with Crippen LogP contribution in [0.25, 0.3) is 22.2 Å². The van der Waals surface area contributed by atoms with E-state index in [9.17, 15) is 0 Å². The van der Waals surface area contributed by atoms with Gasteiger partial charge in [0.25, 0.3) is 0 Å². The zero-order valence-corrected chi connectivity index (χ0v) is 15.6. The molecule has 3 rings (SSSR count). The number of nitrogens with two attached hydrogens (primary N) is 1. The van der Waals surface area contributed by atoms with Crippen molar-refractivity contribution in [3.63, 3.8) is 0 Å². The number of benzene rings is 2. The predicted molar refractivity (Wildman–Crippen MR) is 109 cm³/mol. The van der Waals surface area contributed by atoms with E-state index >= 15 is 0 Å². The Morgan fingerprint density at radius 2 is 1.76 bits per heavy atom. The molecule has 0 aliphatic heterocycles. The van der Waals surface area contributed by atoms with Crippen LogP contribution in [0.3, 0.4) is 0 Å². The van der Waals surface area contributed by atoms with Gasteiger partial charge < -0.3 is 10.7 Å². The zero-order chi connectivity index (χ0) is 17.6. The lowest BCUT2D eigenvalue weighted by Gasteiger charge is -2.08. The molecule has 0 amide bonds. The molecule has 2 nitrogen and oxygen atoms in total. The minimum absolute atomic E-state index is 0.768. The molecule has 1 heterocycles. The standard InChI is InChI=1S/C23H30N2/c1-3-4-11-18-12-9-15-20-21(14-7-8-16-24)23(25-22(18)20)19-13-6-5-10-17(19)2/h5-6,9-10,12-13,15,25H,3-4,7-8,11,14,16,24H2,1-2H3. The summed E-state index contributed by atoms with van der Waals surface area (Å²) < 4.78 is 0. The van der Waals surface area contributed by atoms with Crippen LogP contribution in [0.5, 0.6) is 0 Å². The number of unbranched alkanes of at least 4 members (excludes halogenated alkanes) is 2. The number of nitrogens with one attached hydrogen (secondary N) is 1. The molecule has 3 N–H and O–H groups in total. The summed E-state index contributed by atoms with van der Waals surface area (Å²) in [5, 5.41) is 1.39. The van der Waals surface area contributed by atoms with Gasteiger partial charge in [-0.25, -0.2) is 0 Å². The summed E-state index contributed by atoms with van der Waals surface area (Å²) in [6, 6.07) is 15.5. The van der Waals surface area contributed by atoms with E-state index in [1.165, 1.54) is 51.7 Å². The molecular weight excluding hydrogens is 304 g/mol. The van der Waals surface area contributed by atoms with Crippen LogP contribution in [0, 0.1) is 6.92 Å². The van der Waals surface area contributed by atoms with Gasteiger partial charge in [0.2, 0.25) is 0 Å². The fourth-order valence-electron chi connectivity index (χ4n) is 3.70. The first kappa shape index (κ1) is 17.8. The van der Waals surface area contributed by atoms with Crippen molar-refractivity contribution in [2.75, 3.05) is 6.54 Å². The second-order valence-electron chi connectivity index (χ2n) is 6.98. The number of hydrogen-bond donors (Lipinski definition) is 2. The largest absolute Gasteiger partial charge is 0.354 e. The number of para-hydroxylation sites is 1. The first-order valence-electron chi connectivity index (χ1n) is 9.64. The van der Waals surface area contributed by atoms with E-state index in [1.54, 1.807) is 0 Å². The Morgan fingerprint density at radius 3 is 2.52 bits per heavy atom. The van der Waals surface area contributed by atoms with Gasteiger partial charge in [0, 0.05) is 22.2 Å². The van der Waals surface area contributed by atoms with Gasteiger partial charge in [0.05, 0.1) is 0 Å². The third-order valence-corrected chi connectivity index (χ3v) is 5.12. The fraction of sp³-hybridized carbons (Fsp3) is 0.391. The molecular formula is C23H30N2. The lowest BCUT2D eigenvalue weighted by atomic mass is 9.97. The molecule has 0 bridgehead atoms. The Balaban J connectivity index is 2.13. The molecule has 0 saturated heterocycles. The van der Waals surface area contributed by atoms with E-state index in [4.69, 9.17) is 5.73 Å². The molecule has 0 aliphatic carbocycles. The summed E-state index contributed by atoms with van der Waals surface area (Å²) >= 11 is 0. The number of rotatable bonds is 8. The van der Waals surface area contributed by atoms with E-state index in [1.807, 2.05) is 0 Å².